The summed E-state index contributed by atoms with van der Waals surface area (Å²) in [5, 5.41) is 19.4. The van der Waals surface area contributed by atoms with Gasteiger partial charge in [-0.2, -0.15) is 5.10 Å². The maximum absolute atomic E-state index is 12.8. The molecular weight excluding hydrogens is 534 g/mol. The smallest absolute Gasteiger partial charge is 0.325 e. The van der Waals surface area contributed by atoms with Gasteiger partial charge in [0, 0.05) is 50.0 Å². The number of aromatic nitrogens is 3. The second-order valence-corrected chi connectivity index (χ2v) is 11.6. The number of carbonyl (C=O) groups is 1. The number of pyridine rings is 1. The lowest BCUT2D eigenvalue weighted by molar-refractivity contribution is -0.144. The first-order valence-corrected chi connectivity index (χ1v) is 15.2. The Hall–Kier alpha value is -3.21. The van der Waals surface area contributed by atoms with Crippen LogP contribution in [0.15, 0.2) is 24.3 Å². The number of nitrogens with zero attached hydrogens (tertiary/aromatic N) is 4. The summed E-state index contributed by atoms with van der Waals surface area (Å²) in [5.74, 6) is 0.794. The first kappa shape index (κ1) is 30.3. The largest absolute Gasteiger partial charge is 0.491 e. The molecular formula is C32H45N5O5. The van der Waals surface area contributed by atoms with E-state index in [0.29, 0.717) is 31.1 Å². The number of hydrogen-bond acceptors (Lipinski definition) is 8. The van der Waals surface area contributed by atoms with Crippen molar-refractivity contribution in [3.63, 3.8) is 0 Å². The second kappa shape index (κ2) is 13.8. The fraction of sp³-hybridized carbons (Fsp3) is 0.594. The molecule has 2 aromatic heterocycles. The summed E-state index contributed by atoms with van der Waals surface area (Å²) in [6.07, 6.45) is 8.03. The minimum absolute atomic E-state index is 0.103. The van der Waals surface area contributed by atoms with E-state index in [4.69, 9.17) is 19.2 Å². The number of anilines is 1. The third-order valence-electron chi connectivity index (χ3n) is 8.68. The zero-order valence-corrected chi connectivity index (χ0v) is 25.4. The van der Waals surface area contributed by atoms with Gasteiger partial charge in [0.05, 0.1) is 23.9 Å². The lowest BCUT2D eigenvalue weighted by atomic mass is 9.99. The van der Waals surface area contributed by atoms with Crippen LogP contribution in [-0.4, -0.2) is 83.4 Å². The molecule has 0 amide bonds. The van der Waals surface area contributed by atoms with Gasteiger partial charge in [-0.25, -0.2) is 4.98 Å². The van der Waals surface area contributed by atoms with E-state index in [1.54, 1.807) is 11.8 Å². The monoisotopic (exact) mass is 579 g/mol. The van der Waals surface area contributed by atoms with Gasteiger partial charge in [0.25, 0.3) is 0 Å². The van der Waals surface area contributed by atoms with Crippen molar-refractivity contribution in [2.75, 3.05) is 45.8 Å². The minimum atomic E-state index is -0.887. The Kier molecular flexibility index (Phi) is 9.97. The highest BCUT2D eigenvalue weighted by atomic mass is 16.5. The number of hydrogen-bond donors (Lipinski definition) is 2. The molecule has 228 valence electrons. The van der Waals surface area contributed by atoms with Gasteiger partial charge in [0.2, 0.25) is 0 Å². The van der Waals surface area contributed by atoms with Crippen LogP contribution in [0.5, 0.6) is 5.75 Å². The maximum Gasteiger partial charge on any atom is 0.325 e. The molecule has 0 saturated heterocycles. The van der Waals surface area contributed by atoms with Gasteiger partial charge in [-0.3, -0.25) is 14.4 Å². The number of methoxy groups -OCH3 is 1. The third-order valence-corrected chi connectivity index (χ3v) is 8.68. The van der Waals surface area contributed by atoms with Crippen LogP contribution in [0.4, 0.5) is 5.82 Å². The molecule has 5 rings (SSSR count). The van der Waals surface area contributed by atoms with Crippen LogP contribution in [0.2, 0.25) is 0 Å². The molecule has 2 aliphatic rings. The Balaban J connectivity index is 1.18. The highest BCUT2D eigenvalue weighted by molar-refractivity contribution is 5.91. The summed E-state index contributed by atoms with van der Waals surface area (Å²) in [5.41, 5.74) is 4.80. The Bertz CT molecular complexity index is 1380. The van der Waals surface area contributed by atoms with E-state index >= 15 is 0 Å². The average molecular weight is 580 g/mol. The van der Waals surface area contributed by atoms with E-state index in [1.807, 2.05) is 38.1 Å². The van der Waals surface area contributed by atoms with Crippen LogP contribution in [-0.2, 0) is 34.2 Å². The average Bonchev–Trinajstić information content (AvgIpc) is 3.56. The van der Waals surface area contributed by atoms with Crippen LogP contribution in [0.25, 0.3) is 10.9 Å². The highest BCUT2D eigenvalue weighted by Gasteiger charge is 2.37. The number of unbranched alkanes of at least 4 members (excludes halogenated alkanes) is 1. The fourth-order valence-electron chi connectivity index (χ4n) is 6.47. The van der Waals surface area contributed by atoms with E-state index in [2.05, 4.69) is 22.5 Å². The number of carboxylic acid groups (broad SMARTS) is 1. The third kappa shape index (κ3) is 6.88. The molecule has 0 radical (unpaired) electrons. The van der Waals surface area contributed by atoms with E-state index in [0.717, 1.165) is 79.6 Å². The first-order chi connectivity index (χ1) is 20.4. The normalized spacial score (nSPS) is 19.2. The van der Waals surface area contributed by atoms with Gasteiger partial charge < -0.3 is 24.6 Å². The molecule has 2 N–H and O–H groups in total. The molecule has 0 spiro atoms. The van der Waals surface area contributed by atoms with Crippen molar-refractivity contribution < 1.29 is 24.1 Å². The molecule has 1 aliphatic carbocycles. The van der Waals surface area contributed by atoms with Gasteiger partial charge in [-0.15, -0.1) is 0 Å². The predicted molar refractivity (Wildman–Crippen MR) is 162 cm³/mol. The van der Waals surface area contributed by atoms with Crippen molar-refractivity contribution in [2.45, 2.75) is 76.5 Å². The molecule has 3 heterocycles. The topological polar surface area (TPSA) is 111 Å². The van der Waals surface area contributed by atoms with Crippen LogP contribution < -0.4 is 10.1 Å². The number of rotatable bonds is 14. The van der Waals surface area contributed by atoms with Crippen LogP contribution in [0.1, 0.15) is 67.1 Å². The Labute approximate surface area is 248 Å². The molecule has 1 aliphatic heterocycles. The summed E-state index contributed by atoms with van der Waals surface area (Å²) in [6, 6.07) is 7.43. The number of nitrogens with one attached hydrogen (secondary N) is 1. The Morgan fingerprint density at radius 2 is 2.07 bits per heavy atom. The van der Waals surface area contributed by atoms with Crippen LogP contribution in [0.3, 0.4) is 0 Å². The second-order valence-electron chi connectivity index (χ2n) is 11.6. The molecule has 1 saturated carbocycles. The van der Waals surface area contributed by atoms with E-state index in [1.165, 1.54) is 12.0 Å². The van der Waals surface area contributed by atoms with Gasteiger partial charge in [0.1, 0.15) is 24.2 Å². The number of aryl methyl sites for hydroxylation is 4. The molecule has 3 aromatic rings. The molecule has 10 nitrogen and oxygen atoms in total. The highest BCUT2D eigenvalue weighted by Crippen LogP contribution is 2.37. The lowest BCUT2D eigenvalue weighted by Gasteiger charge is -2.31. The van der Waals surface area contributed by atoms with Crippen molar-refractivity contribution in [3.8, 4) is 5.75 Å². The standard InChI is InChI=1S/C32H45N5O5/c1-21-27-19-26(42-17-16-40-4)20-28(29(27)37(3)35-21)30(32(38)39)36(2)24-12-13-25(18-24)41-15-6-5-9-23-11-10-22-8-7-14-33-31(22)34-23/h10-11,19-20,24-25,30H,5-9,12-18H2,1-4H3,(H,33,34)(H,38,39)/t24-,25-,30-/m0/s1. The fourth-order valence-corrected chi connectivity index (χ4v) is 6.47. The Morgan fingerprint density at radius 1 is 1.21 bits per heavy atom. The zero-order valence-electron chi connectivity index (χ0n) is 25.4. The van der Waals surface area contributed by atoms with Gasteiger partial charge in [-0.1, -0.05) is 6.07 Å². The lowest BCUT2D eigenvalue weighted by Crippen LogP contribution is -2.38. The summed E-state index contributed by atoms with van der Waals surface area (Å²) in [6.45, 7) is 4.49. The number of benzene rings is 1. The van der Waals surface area contributed by atoms with Crippen LogP contribution in [0, 0.1) is 6.92 Å². The number of aliphatic carboxylic acids is 1. The van der Waals surface area contributed by atoms with Crippen molar-refractivity contribution in [1.82, 2.24) is 19.7 Å². The molecule has 42 heavy (non-hydrogen) atoms. The summed E-state index contributed by atoms with van der Waals surface area (Å²) in [4.78, 5) is 19.6. The molecule has 0 unspecified atom stereocenters. The molecule has 10 heteroatoms. The van der Waals surface area contributed by atoms with Crippen molar-refractivity contribution in [3.05, 3.63) is 46.8 Å². The van der Waals surface area contributed by atoms with E-state index in [9.17, 15) is 9.90 Å². The number of likely N-dealkylation sites (N-methyl/N-ethyl adjacent to an activating group) is 1. The summed E-state index contributed by atoms with van der Waals surface area (Å²) < 4.78 is 19.1. The zero-order chi connectivity index (χ0) is 29.6. The predicted octanol–water partition coefficient (Wildman–Crippen LogP) is 4.68. The summed E-state index contributed by atoms with van der Waals surface area (Å²) >= 11 is 0. The first-order valence-electron chi connectivity index (χ1n) is 15.2. The molecule has 3 atom stereocenters. The van der Waals surface area contributed by atoms with Crippen LogP contribution >= 0.6 is 0 Å². The molecule has 1 fully saturated rings. The van der Waals surface area contributed by atoms with Crippen molar-refractivity contribution >= 4 is 22.7 Å². The molecule has 1 aromatic carbocycles. The summed E-state index contributed by atoms with van der Waals surface area (Å²) in [7, 11) is 5.41. The molecule has 0 bridgehead atoms. The quantitative estimate of drug-likeness (QED) is 0.263. The van der Waals surface area contributed by atoms with E-state index in [-0.39, 0.29) is 12.1 Å². The van der Waals surface area contributed by atoms with E-state index < -0.39 is 12.0 Å². The van der Waals surface area contributed by atoms with Gasteiger partial charge in [0.15, 0.2) is 0 Å². The number of ether oxygens (including phenoxy) is 3. The van der Waals surface area contributed by atoms with Crippen molar-refractivity contribution in [2.24, 2.45) is 7.05 Å². The minimum Gasteiger partial charge on any atom is -0.491 e. The maximum atomic E-state index is 12.8. The van der Waals surface area contributed by atoms with Crippen molar-refractivity contribution in [1.29, 1.82) is 0 Å². The SMILES string of the molecule is COCCOc1cc([C@@H](C(=O)O)N(C)[C@H]2CC[C@H](OCCCCc3ccc4c(n3)NCCC4)C2)c2c(c1)c(C)nn2C. The van der Waals surface area contributed by atoms with Gasteiger partial charge >= 0.3 is 5.97 Å². The number of carboxylic acids is 1. The Morgan fingerprint density at radius 3 is 2.88 bits per heavy atom. The number of fused-ring (bicyclic) bond motifs is 2. The van der Waals surface area contributed by atoms with Gasteiger partial charge in [-0.05, 0) is 89.1 Å².